The molecule has 5 fully saturated rings. The first-order chi connectivity index (χ1) is 51.6. The van der Waals surface area contributed by atoms with Crippen molar-refractivity contribution >= 4 is 58.9 Å². The molecule has 0 aromatic carbocycles. The molecule has 2 bridgehead atoms. The zero-order valence-electron chi connectivity index (χ0n) is 67.1. The Balaban J connectivity index is 0.924. The summed E-state index contributed by atoms with van der Waals surface area (Å²) in [5.41, 5.74) is -0.374. The molecule has 0 radical (unpaired) electrons. The Morgan fingerprint density at radius 3 is 2.13 bits per heavy atom. The zero-order chi connectivity index (χ0) is 80.1. The fourth-order valence-electron chi connectivity index (χ4n) is 18.3. The zero-order valence-corrected chi connectivity index (χ0v) is 67.1. The number of ether oxygens (including phenoxy) is 10. The summed E-state index contributed by atoms with van der Waals surface area (Å²) in [4.78, 5) is 145. The molecule has 1 unspecified atom stereocenters. The summed E-state index contributed by atoms with van der Waals surface area (Å²) in [6, 6.07) is -1.24. The number of Topliss-reactive ketones (excluding diaryl/α,β-unsaturated/α-hetero) is 4. The topological polar surface area (TPSA) is 330 Å². The Morgan fingerprint density at radius 1 is 0.780 bits per heavy atom. The van der Waals surface area contributed by atoms with E-state index in [1.807, 2.05) is 76.8 Å². The monoisotopic (exact) mass is 1530 g/mol. The number of amides is 1. The lowest BCUT2D eigenvalue weighted by Gasteiger charge is -2.54. The first-order valence-corrected chi connectivity index (χ1v) is 39.6. The average molecular weight is 1530 g/mol. The van der Waals surface area contributed by atoms with Gasteiger partial charge in [0.05, 0.1) is 35.9 Å². The number of cyclic esters (lactones) is 2. The predicted octanol–water partition coefficient (Wildman–Crippen LogP) is 10.5. The summed E-state index contributed by atoms with van der Waals surface area (Å²) in [6.45, 7) is 22.2. The van der Waals surface area contributed by atoms with Gasteiger partial charge in [-0.1, -0.05) is 78.0 Å². The number of rotatable bonds is 19. The maximum atomic E-state index is 14.8. The number of unbranched alkanes of at least 4 members (excludes halogenated alkanes) is 1. The van der Waals surface area contributed by atoms with E-state index in [9.17, 15) is 63.3 Å². The molecule has 8 aliphatic rings. The molecule has 4 aliphatic heterocycles. The van der Waals surface area contributed by atoms with Crippen LogP contribution in [-0.2, 0) is 95.3 Å². The Labute approximate surface area is 643 Å². The number of aliphatic hydroxyl groups excluding tert-OH is 2. The summed E-state index contributed by atoms with van der Waals surface area (Å²) in [6.07, 6.45) is 9.57. The fraction of sp³-hybridized carbons (Fsp3) is 0.714. The lowest BCUT2D eigenvalue weighted by molar-refractivity contribution is -0.265. The van der Waals surface area contributed by atoms with E-state index in [-0.39, 0.29) is 105 Å². The van der Waals surface area contributed by atoms with Gasteiger partial charge in [0.1, 0.15) is 54.6 Å². The van der Waals surface area contributed by atoms with Crippen LogP contribution in [0.4, 0.5) is 0 Å². The second-order valence-corrected chi connectivity index (χ2v) is 32.4. The number of aliphatic hydroxyl groups is 3. The smallest absolute Gasteiger partial charge is 0.340 e. The number of methoxy groups -OCH3 is 4. The van der Waals surface area contributed by atoms with Gasteiger partial charge in [-0.15, -0.1) is 0 Å². The molecule has 606 valence electrons. The second-order valence-electron chi connectivity index (χ2n) is 32.4. The molecule has 1 amide bonds. The van der Waals surface area contributed by atoms with Gasteiger partial charge in [-0.3, -0.25) is 38.4 Å². The van der Waals surface area contributed by atoms with E-state index in [0.717, 1.165) is 10.5 Å². The summed E-state index contributed by atoms with van der Waals surface area (Å²) < 4.78 is 60.2. The summed E-state index contributed by atoms with van der Waals surface area (Å²) in [5.74, 6) is -13.2. The van der Waals surface area contributed by atoms with Crippen molar-refractivity contribution in [3.8, 4) is 0 Å². The van der Waals surface area contributed by atoms with Crippen molar-refractivity contribution in [1.29, 1.82) is 0 Å². The van der Waals surface area contributed by atoms with E-state index >= 15 is 0 Å². The molecule has 8 rings (SSSR count). The van der Waals surface area contributed by atoms with Crippen molar-refractivity contribution in [2.24, 2.45) is 52.3 Å². The van der Waals surface area contributed by atoms with Gasteiger partial charge in [0, 0.05) is 121 Å². The Bertz CT molecular complexity index is 3560. The number of esters is 5. The largest absolute Gasteiger partial charge is 0.504 e. The highest BCUT2D eigenvalue weighted by molar-refractivity contribution is 6.39. The summed E-state index contributed by atoms with van der Waals surface area (Å²) >= 11 is 0. The average Bonchev–Trinajstić information content (AvgIpc) is 1.67. The molecule has 0 aromatic heterocycles. The standard InChI is InChI=1S/C84H122N2O23/c1-17-85(18-2)45-57-71-76(94)75(93)70-58-34-36-66(82(58,11)44-65(104-54(10)87)72(70)83(71,12)67(46-100-13)108-80(57)97)107-69(90)30-23-22-29-68(89)105-61-35-32-55(41-64(61)102-15)40-50(6)63-43-60(88)49(5)39-52(8)74(92)77(103-16)73(91)51(7)38-47(3)26-20-19-21-27-48(4)62(101-14)42-56-33-31-53(9)84(99,109-56)78(95)79(96)86-37-25-24-28-59(86)81(98)106-63/h19-21,26-27,39,45,47,49-51,53,55-56,58-59,61-67,74,77,92,94,99H,17-18,22-25,28-38,40-44,46H2,1-16H3/b21-19+,26-20+,48-27+,52-39+,57-45+/t47-,49-,50-,51-,53-,55+,56+,58?,59+,61-,62+,63+,64-,65-,66+,67-,74-,77+,82+,83+,84-/m1/s1. The number of piperidine rings is 1. The number of allylic oxidation sites excluding steroid dienone is 7. The highest BCUT2D eigenvalue weighted by atomic mass is 16.6. The highest BCUT2D eigenvalue weighted by Gasteiger charge is 2.65. The van der Waals surface area contributed by atoms with Gasteiger partial charge in [-0.05, 0) is 171 Å². The van der Waals surface area contributed by atoms with Gasteiger partial charge in [-0.2, -0.15) is 0 Å². The molecule has 25 nitrogen and oxygen atoms in total. The van der Waals surface area contributed by atoms with Crippen LogP contribution in [0.15, 0.2) is 81.9 Å². The lowest BCUT2D eigenvalue weighted by Crippen LogP contribution is -2.61. The van der Waals surface area contributed by atoms with Crippen molar-refractivity contribution in [2.75, 3.05) is 54.7 Å². The van der Waals surface area contributed by atoms with Gasteiger partial charge in [0.2, 0.25) is 11.6 Å². The van der Waals surface area contributed by atoms with E-state index in [1.165, 1.54) is 28.3 Å². The SMILES string of the molecule is CCN(/C=C1/C(=O)O[C@H](COC)[C@@]2(C)C1=C(O)C(=O)C1=C2[C@H](OC(C)=O)C[C@@]2(C)C1CC[C@@H]2OC(=O)CCCCC(=O)O[C@@H]1CC[C@@H](C[C@@H](C)[C@@H]2CC(=O)[C@H](C)/C=C(\C)[C@@H](O)[C@@H](OC)C(=O)[C@H](C)C[C@H](C)/C=C/C=C/C=C(\C)[C@@H](OC)C[C@@H]3CC[C@@H](C)[C@@](O)(O3)C(=O)C(=O)N3CCCC[C@H]3C(=O)O2)C[C@H]1OC)CC. The second kappa shape index (κ2) is 38.5. The molecular formula is C84H122N2O23. The Kier molecular flexibility index (Phi) is 30.9. The van der Waals surface area contributed by atoms with Gasteiger partial charge >= 0.3 is 29.8 Å². The molecule has 0 spiro atoms. The minimum absolute atomic E-state index is 0.0115. The van der Waals surface area contributed by atoms with E-state index in [0.29, 0.717) is 94.9 Å². The Morgan fingerprint density at radius 2 is 1.48 bits per heavy atom. The lowest BCUT2D eigenvalue weighted by atomic mass is 9.53. The number of carbonyl (C=O) groups is 10. The van der Waals surface area contributed by atoms with Crippen LogP contribution in [0.3, 0.4) is 0 Å². The van der Waals surface area contributed by atoms with Crippen LogP contribution in [-0.4, -0.2) is 212 Å². The van der Waals surface area contributed by atoms with Crippen molar-refractivity contribution in [1.82, 2.24) is 9.80 Å². The van der Waals surface area contributed by atoms with Crippen molar-refractivity contribution in [3.05, 3.63) is 81.9 Å². The minimum Gasteiger partial charge on any atom is -0.504 e. The number of ketones is 4. The number of fused-ring (bicyclic) bond motifs is 7. The van der Waals surface area contributed by atoms with Crippen LogP contribution in [0.5, 0.6) is 0 Å². The highest BCUT2D eigenvalue weighted by Crippen LogP contribution is 2.64. The molecule has 3 saturated heterocycles. The van der Waals surface area contributed by atoms with Crippen LogP contribution in [0.2, 0.25) is 0 Å². The normalized spacial score (nSPS) is 37.2. The summed E-state index contributed by atoms with van der Waals surface area (Å²) in [5, 5.41) is 35.9. The molecule has 4 aliphatic carbocycles. The first kappa shape index (κ1) is 87.6. The molecular weight excluding hydrogens is 1400 g/mol. The van der Waals surface area contributed by atoms with Crippen LogP contribution < -0.4 is 0 Å². The van der Waals surface area contributed by atoms with E-state index in [1.54, 1.807) is 54.0 Å². The predicted molar refractivity (Wildman–Crippen MR) is 401 cm³/mol. The molecule has 21 atom stereocenters. The fourth-order valence-corrected chi connectivity index (χ4v) is 18.3. The van der Waals surface area contributed by atoms with Crippen molar-refractivity contribution in [2.45, 2.75) is 278 Å². The molecule has 3 N–H and O–H groups in total. The number of hydrogen-bond donors (Lipinski definition) is 3. The third-order valence-electron chi connectivity index (χ3n) is 24.8. The third-order valence-corrected chi connectivity index (χ3v) is 24.8. The van der Waals surface area contributed by atoms with Crippen molar-refractivity contribution < 1.29 is 111 Å². The molecule has 4 heterocycles. The maximum absolute atomic E-state index is 14.8. The van der Waals surface area contributed by atoms with Gasteiger partial charge in [-0.25, -0.2) is 9.59 Å². The minimum atomic E-state index is -2.51. The van der Waals surface area contributed by atoms with Gasteiger partial charge in [0.25, 0.3) is 11.7 Å². The summed E-state index contributed by atoms with van der Waals surface area (Å²) in [7, 11) is 5.90. The molecule has 0 aromatic rings. The third kappa shape index (κ3) is 19.9. The number of hydrogen-bond acceptors (Lipinski definition) is 24. The van der Waals surface area contributed by atoms with Gasteiger partial charge < -0.3 is 72.5 Å². The molecule has 2 saturated carbocycles. The number of carbonyl (C=O) groups excluding carboxylic acids is 10. The van der Waals surface area contributed by atoms with Crippen LogP contribution in [0, 0.1) is 52.3 Å². The van der Waals surface area contributed by atoms with E-state index < -0.39 is 166 Å². The Hall–Kier alpha value is -7.00. The van der Waals surface area contributed by atoms with Crippen LogP contribution >= 0.6 is 0 Å². The van der Waals surface area contributed by atoms with Gasteiger partial charge in [0.15, 0.2) is 11.5 Å². The van der Waals surface area contributed by atoms with Crippen LogP contribution in [0.25, 0.3) is 0 Å². The molecule has 109 heavy (non-hydrogen) atoms. The van der Waals surface area contributed by atoms with Crippen LogP contribution in [0.1, 0.15) is 205 Å². The number of nitrogens with zero attached hydrogens (tertiary/aromatic N) is 2. The van der Waals surface area contributed by atoms with E-state index in [4.69, 9.17) is 47.4 Å². The van der Waals surface area contributed by atoms with Crippen molar-refractivity contribution in [3.63, 3.8) is 0 Å². The van der Waals surface area contributed by atoms with E-state index in [2.05, 4.69) is 0 Å². The maximum Gasteiger partial charge on any atom is 0.340 e. The first-order valence-electron chi connectivity index (χ1n) is 39.6. The quantitative estimate of drug-likeness (QED) is 0.0270. The molecule has 25 heteroatoms.